The predicted molar refractivity (Wildman–Crippen MR) is 58.6 cm³/mol. The van der Waals surface area contributed by atoms with E-state index in [1.54, 1.807) is 10.9 Å². The Hall–Kier alpha value is -1.62. The van der Waals surface area contributed by atoms with Crippen LogP contribution in [0.25, 0.3) is 11.3 Å². The van der Waals surface area contributed by atoms with Crippen LogP contribution in [0.5, 0.6) is 0 Å². The van der Waals surface area contributed by atoms with Gasteiger partial charge in [-0.05, 0) is 19.3 Å². The van der Waals surface area contributed by atoms with Crippen LogP contribution in [0.15, 0.2) is 16.9 Å². The highest BCUT2D eigenvalue weighted by Gasteiger charge is 2.26. The van der Waals surface area contributed by atoms with Crippen LogP contribution in [0.3, 0.4) is 0 Å². The maximum absolute atomic E-state index is 5.99. The summed E-state index contributed by atoms with van der Waals surface area (Å²) in [4.78, 5) is 0. The Bertz CT molecular complexity index is 514. The summed E-state index contributed by atoms with van der Waals surface area (Å²) < 4.78 is 7.11. The van der Waals surface area contributed by atoms with Crippen molar-refractivity contribution in [1.29, 1.82) is 0 Å². The van der Waals surface area contributed by atoms with Gasteiger partial charge in [0.2, 0.25) is 0 Å². The van der Waals surface area contributed by atoms with Crippen LogP contribution in [0.1, 0.15) is 30.2 Å². The molecule has 0 aliphatic heterocycles. The molecule has 1 aliphatic carbocycles. The fourth-order valence-electron chi connectivity index (χ4n) is 2.26. The lowest BCUT2D eigenvalue weighted by Crippen LogP contribution is -2.15. The summed E-state index contributed by atoms with van der Waals surface area (Å²) in [6.45, 7) is 0. The summed E-state index contributed by atoms with van der Waals surface area (Å²) in [5.41, 5.74) is 9.05. The van der Waals surface area contributed by atoms with Crippen molar-refractivity contribution in [3.63, 3.8) is 0 Å². The van der Waals surface area contributed by atoms with Gasteiger partial charge >= 0.3 is 0 Å². The van der Waals surface area contributed by atoms with Crippen LogP contribution in [0.4, 0.5) is 0 Å². The molecule has 0 saturated heterocycles. The smallest absolute Gasteiger partial charge is 0.157 e. The zero-order valence-corrected chi connectivity index (χ0v) is 9.18. The van der Waals surface area contributed by atoms with Gasteiger partial charge in [-0.3, -0.25) is 4.68 Å². The highest BCUT2D eigenvalue weighted by atomic mass is 16.5. The molecule has 0 radical (unpaired) electrons. The largest absolute Gasteiger partial charge is 0.359 e. The van der Waals surface area contributed by atoms with Gasteiger partial charge in [0.1, 0.15) is 5.69 Å². The number of nitrogens with two attached hydrogens (primary N) is 1. The monoisotopic (exact) mass is 218 g/mol. The molecule has 1 atom stereocenters. The number of hydrogen-bond donors (Lipinski definition) is 1. The van der Waals surface area contributed by atoms with Crippen LogP contribution in [0, 0.1) is 0 Å². The Morgan fingerprint density at radius 1 is 1.56 bits per heavy atom. The van der Waals surface area contributed by atoms with Crippen LogP contribution in [-0.4, -0.2) is 14.9 Å². The average molecular weight is 218 g/mol. The number of aryl methyl sites for hydroxylation is 1. The molecule has 16 heavy (non-hydrogen) atoms. The number of rotatable bonds is 1. The molecule has 84 valence electrons. The molecule has 0 saturated carbocycles. The summed E-state index contributed by atoms with van der Waals surface area (Å²) in [5, 5.41) is 8.27. The van der Waals surface area contributed by atoms with Gasteiger partial charge < -0.3 is 10.3 Å². The molecule has 2 N–H and O–H groups in total. The molecule has 5 heteroatoms. The van der Waals surface area contributed by atoms with E-state index in [4.69, 9.17) is 10.3 Å². The molecule has 5 nitrogen and oxygen atoms in total. The maximum Gasteiger partial charge on any atom is 0.157 e. The van der Waals surface area contributed by atoms with E-state index in [0.717, 1.165) is 41.8 Å². The lowest BCUT2D eigenvalue weighted by atomic mass is 9.92. The Kier molecular flexibility index (Phi) is 2.07. The van der Waals surface area contributed by atoms with Gasteiger partial charge in [-0.15, -0.1) is 0 Å². The SMILES string of the molecule is Cn1cc(-c2noc3c2CCCC3N)cn1. The second-order valence-electron chi connectivity index (χ2n) is 4.28. The van der Waals surface area contributed by atoms with Gasteiger partial charge in [0.05, 0.1) is 12.2 Å². The zero-order chi connectivity index (χ0) is 11.1. The van der Waals surface area contributed by atoms with Gasteiger partial charge in [-0.2, -0.15) is 5.10 Å². The third-order valence-corrected chi connectivity index (χ3v) is 3.08. The highest BCUT2D eigenvalue weighted by molar-refractivity contribution is 5.62. The van der Waals surface area contributed by atoms with Gasteiger partial charge in [0.25, 0.3) is 0 Å². The molecular formula is C11H14N4O. The first kappa shape index (κ1) is 9.59. The zero-order valence-electron chi connectivity index (χ0n) is 9.18. The second kappa shape index (κ2) is 3.45. The van der Waals surface area contributed by atoms with Crippen molar-refractivity contribution in [2.24, 2.45) is 12.8 Å². The first-order chi connectivity index (χ1) is 7.75. The topological polar surface area (TPSA) is 69.9 Å². The number of aromatic nitrogens is 3. The number of nitrogens with zero attached hydrogens (tertiary/aromatic N) is 3. The second-order valence-corrected chi connectivity index (χ2v) is 4.28. The van der Waals surface area contributed by atoms with E-state index in [-0.39, 0.29) is 6.04 Å². The number of fused-ring (bicyclic) bond motifs is 1. The highest BCUT2D eigenvalue weighted by Crippen LogP contribution is 2.34. The van der Waals surface area contributed by atoms with Gasteiger partial charge in [0.15, 0.2) is 5.76 Å². The minimum Gasteiger partial charge on any atom is -0.359 e. The van der Waals surface area contributed by atoms with Gasteiger partial charge in [0, 0.05) is 24.4 Å². The molecule has 1 unspecified atom stereocenters. The molecule has 0 aromatic carbocycles. The summed E-state index contributed by atoms with van der Waals surface area (Å²) in [6.07, 6.45) is 6.82. The lowest BCUT2D eigenvalue weighted by molar-refractivity contribution is 0.344. The average Bonchev–Trinajstić information content (AvgIpc) is 2.84. The number of hydrogen-bond acceptors (Lipinski definition) is 4. The van der Waals surface area contributed by atoms with E-state index in [0.29, 0.717) is 0 Å². The van der Waals surface area contributed by atoms with Crippen molar-refractivity contribution in [3.05, 3.63) is 23.7 Å². The van der Waals surface area contributed by atoms with Crippen molar-refractivity contribution in [2.75, 3.05) is 0 Å². The summed E-state index contributed by atoms with van der Waals surface area (Å²) in [7, 11) is 1.89. The molecule has 0 bridgehead atoms. The maximum atomic E-state index is 5.99. The molecule has 2 aromatic rings. The van der Waals surface area contributed by atoms with Crippen LogP contribution < -0.4 is 5.73 Å². The minimum absolute atomic E-state index is 0.00155. The van der Waals surface area contributed by atoms with Gasteiger partial charge in [-0.25, -0.2) is 0 Å². The molecule has 2 heterocycles. The normalized spacial score (nSPS) is 19.8. The van der Waals surface area contributed by atoms with E-state index in [1.807, 2.05) is 13.2 Å². The fourth-order valence-corrected chi connectivity index (χ4v) is 2.26. The van der Waals surface area contributed by atoms with E-state index in [9.17, 15) is 0 Å². The summed E-state index contributed by atoms with van der Waals surface area (Å²) >= 11 is 0. The van der Waals surface area contributed by atoms with E-state index in [1.165, 1.54) is 0 Å². The Morgan fingerprint density at radius 2 is 2.44 bits per heavy atom. The lowest BCUT2D eigenvalue weighted by Gasteiger charge is -2.15. The third kappa shape index (κ3) is 1.36. The third-order valence-electron chi connectivity index (χ3n) is 3.08. The van der Waals surface area contributed by atoms with E-state index >= 15 is 0 Å². The van der Waals surface area contributed by atoms with Crippen molar-refractivity contribution in [1.82, 2.24) is 14.9 Å². The fraction of sp³-hybridized carbons (Fsp3) is 0.455. The van der Waals surface area contributed by atoms with Crippen molar-refractivity contribution < 1.29 is 4.52 Å². The van der Waals surface area contributed by atoms with Crippen LogP contribution in [0.2, 0.25) is 0 Å². The first-order valence-electron chi connectivity index (χ1n) is 5.49. The molecule has 1 aliphatic rings. The van der Waals surface area contributed by atoms with Crippen LogP contribution >= 0.6 is 0 Å². The molecule has 0 fully saturated rings. The van der Waals surface area contributed by atoms with Crippen molar-refractivity contribution in [2.45, 2.75) is 25.3 Å². The summed E-state index contributed by atoms with van der Waals surface area (Å²) in [5.74, 6) is 0.852. The molecule has 0 spiro atoms. The van der Waals surface area contributed by atoms with Crippen molar-refractivity contribution in [3.8, 4) is 11.3 Å². The van der Waals surface area contributed by atoms with E-state index in [2.05, 4.69) is 10.3 Å². The Balaban J connectivity index is 2.09. The molecular weight excluding hydrogens is 204 g/mol. The van der Waals surface area contributed by atoms with E-state index < -0.39 is 0 Å². The minimum atomic E-state index is 0.00155. The predicted octanol–water partition coefficient (Wildman–Crippen LogP) is 1.41. The Morgan fingerprint density at radius 3 is 3.19 bits per heavy atom. The van der Waals surface area contributed by atoms with Gasteiger partial charge in [-0.1, -0.05) is 5.16 Å². The molecule has 3 rings (SSSR count). The molecule has 2 aromatic heterocycles. The first-order valence-corrected chi connectivity index (χ1v) is 5.49. The quantitative estimate of drug-likeness (QED) is 0.785. The summed E-state index contributed by atoms with van der Waals surface area (Å²) in [6, 6.07) is 0.00155. The molecule has 0 amide bonds. The standard InChI is InChI=1S/C11H14N4O/c1-15-6-7(5-13-15)10-8-3-2-4-9(12)11(8)16-14-10/h5-6,9H,2-4,12H2,1H3. The van der Waals surface area contributed by atoms with Crippen LogP contribution in [-0.2, 0) is 13.5 Å². The van der Waals surface area contributed by atoms with Crippen molar-refractivity contribution >= 4 is 0 Å². The Labute approximate surface area is 93.2 Å².